The number of ether oxygens (including phenoxy) is 1. The quantitative estimate of drug-likeness (QED) is 0.501. The van der Waals surface area contributed by atoms with E-state index in [-0.39, 0.29) is 6.42 Å². The third-order valence-corrected chi connectivity index (χ3v) is 0.872. The summed E-state index contributed by atoms with van der Waals surface area (Å²) in [6.45, 7) is 1.31. The van der Waals surface area contributed by atoms with Crippen molar-refractivity contribution >= 4 is 12.2 Å². The lowest BCUT2D eigenvalue weighted by molar-refractivity contribution is 0.342. The summed E-state index contributed by atoms with van der Waals surface area (Å²) >= 11 is 0. The first-order chi connectivity index (χ1) is 3.93. The molecule has 0 atom stereocenters. The van der Waals surface area contributed by atoms with Crippen molar-refractivity contribution in [2.24, 2.45) is 4.99 Å². The second kappa shape index (κ2) is 2.45. The molecule has 0 N–H and O–H groups in total. The molecule has 0 spiro atoms. The number of carbonyl (C=O) groups excluding carboxylic acids is 1. The minimum absolute atomic E-state index is 0.208. The Bertz CT molecular complexity index is 120. The van der Waals surface area contributed by atoms with Gasteiger partial charge in [0.05, 0.1) is 13.0 Å². The minimum Gasteiger partial charge on any atom is -0.479 e. The summed E-state index contributed by atoms with van der Waals surface area (Å²) in [5, 5.41) is 0. The van der Waals surface area contributed by atoms with Gasteiger partial charge >= 0.3 is 0 Å². The summed E-state index contributed by atoms with van der Waals surface area (Å²) in [5.41, 5.74) is 0. The van der Waals surface area contributed by atoms with Gasteiger partial charge in [0, 0.05) is 0 Å². The van der Waals surface area contributed by atoms with E-state index < -0.39 is 0 Å². The van der Waals surface area contributed by atoms with Gasteiger partial charge in [0.15, 0.2) is 5.90 Å². The zero-order valence-corrected chi connectivity index (χ0v) is 4.39. The molecule has 1 radical (unpaired) electrons. The van der Waals surface area contributed by atoms with Crippen molar-refractivity contribution in [3.05, 3.63) is 0 Å². The van der Waals surface area contributed by atoms with Gasteiger partial charge in [-0.1, -0.05) is 0 Å². The van der Waals surface area contributed by atoms with Gasteiger partial charge in [0.25, 0.3) is 0 Å². The van der Waals surface area contributed by atoms with Crippen molar-refractivity contribution < 1.29 is 9.53 Å². The summed E-state index contributed by atoms with van der Waals surface area (Å²) in [6.07, 6.45) is 1.91. The molecule has 0 amide bonds. The van der Waals surface area contributed by atoms with Crippen molar-refractivity contribution in [3.63, 3.8) is 0 Å². The summed E-state index contributed by atoms with van der Waals surface area (Å²) < 4.78 is 4.88. The van der Waals surface area contributed by atoms with Gasteiger partial charge in [-0.05, 0) is 0 Å². The zero-order chi connectivity index (χ0) is 5.82. The van der Waals surface area contributed by atoms with E-state index in [4.69, 9.17) is 4.74 Å². The molecule has 0 aromatic carbocycles. The molecule has 0 saturated heterocycles. The SMILES string of the molecule is O=[C]CC1=NCCO1. The fourth-order valence-electron chi connectivity index (χ4n) is 0.548. The Morgan fingerprint density at radius 3 is 3.25 bits per heavy atom. The molecule has 0 fully saturated rings. The monoisotopic (exact) mass is 112 g/mol. The molecular formula is C5H6NO2. The Kier molecular flexibility index (Phi) is 1.62. The number of hydrogen-bond acceptors (Lipinski definition) is 3. The van der Waals surface area contributed by atoms with Crippen LogP contribution in [0.25, 0.3) is 0 Å². The lowest BCUT2D eigenvalue weighted by Crippen LogP contribution is -1.97. The molecule has 1 aliphatic heterocycles. The van der Waals surface area contributed by atoms with E-state index in [0.29, 0.717) is 19.0 Å². The van der Waals surface area contributed by atoms with Crippen LogP contribution in [-0.2, 0) is 9.53 Å². The van der Waals surface area contributed by atoms with Crippen LogP contribution in [0, 0.1) is 0 Å². The highest BCUT2D eigenvalue weighted by Gasteiger charge is 2.04. The van der Waals surface area contributed by atoms with Crippen LogP contribution in [-0.4, -0.2) is 25.3 Å². The van der Waals surface area contributed by atoms with Crippen LogP contribution in [0.4, 0.5) is 0 Å². The molecule has 8 heavy (non-hydrogen) atoms. The average Bonchev–Trinajstić information content (AvgIpc) is 2.19. The summed E-state index contributed by atoms with van der Waals surface area (Å²) in [4.78, 5) is 13.5. The molecule has 43 valence electrons. The third kappa shape index (κ3) is 1.05. The molecule has 1 heterocycles. The first-order valence-electron chi connectivity index (χ1n) is 2.44. The highest BCUT2D eigenvalue weighted by molar-refractivity contribution is 5.88. The summed E-state index contributed by atoms with van der Waals surface area (Å²) in [6, 6.07) is 0. The fraction of sp³-hybridized carbons (Fsp3) is 0.600. The zero-order valence-electron chi connectivity index (χ0n) is 4.39. The van der Waals surface area contributed by atoms with E-state index in [1.54, 1.807) is 6.29 Å². The Labute approximate surface area is 47.4 Å². The van der Waals surface area contributed by atoms with Crippen molar-refractivity contribution in [2.45, 2.75) is 6.42 Å². The largest absolute Gasteiger partial charge is 0.479 e. The average molecular weight is 112 g/mol. The maximum absolute atomic E-state index is 9.68. The summed E-state index contributed by atoms with van der Waals surface area (Å²) in [5.74, 6) is 0.528. The van der Waals surface area contributed by atoms with Gasteiger partial charge in [-0.3, -0.25) is 9.79 Å². The lowest BCUT2D eigenvalue weighted by Gasteiger charge is -1.90. The van der Waals surface area contributed by atoms with E-state index in [0.717, 1.165) is 0 Å². The molecule has 0 aromatic rings. The molecule has 0 aromatic heterocycles. The van der Waals surface area contributed by atoms with Gasteiger partial charge in [-0.2, -0.15) is 0 Å². The predicted molar refractivity (Wildman–Crippen MR) is 28.6 cm³/mol. The molecule has 0 aliphatic carbocycles. The van der Waals surface area contributed by atoms with E-state index in [2.05, 4.69) is 4.99 Å². The molecular weight excluding hydrogens is 106 g/mol. The molecule has 3 heteroatoms. The smallest absolute Gasteiger partial charge is 0.208 e. The molecule has 0 saturated carbocycles. The molecule has 0 unspecified atom stereocenters. The van der Waals surface area contributed by atoms with Gasteiger partial charge in [0.1, 0.15) is 6.61 Å². The predicted octanol–water partition coefficient (Wildman–Crippen LogP) is -0.0851. The van der Waals surface area contributed by atoms with Crippen molar-refractivity contribution in [2.75, 3.05) is 13.2 Å². The first kappa shape index (κ1) is 5.28. The second-order valence-corrected chi connectivity index (χ2v) is 1.45. The van der Waals surface area contributed by atoms with Crippen LogP contribution in [0.1, 0.15) is 6.42 Å². The van der Waals surface area contributed by atoms with Crippen molar-refractivity contribution in [1.29, 1.82) is 0 Å². The van der Waals surface area contributed by atoms with Gasteiger partial charge in [-0.25, -0.2) is 0 Å². The van der Waals surface area contributed by atoms with Crippen LogP contribution in [0.5, 0.6) is 0 Å². The molecule has 1 rings (SSSR count). The van der Waals surface area contributed by atoms with E-state index >= 15 is 0 Å². The van der Waals surface area contributed by atoms with Gasteiger partial charge < -0.3 is 4.74 Å². The number of rotatable bonds is 2. The Balaban J connectivity index is 2.33. The van der Waals surface area contributed by atoms with E-state index in [1.165, 1.54) is 0 Å². The maximum Gasteiger partial charge on any atom is 0.208 e. The van der Waals surface area contributed by atoms with E-state index in [1.807, 2.05) is 0 Å². The van der Waals surface area contributed by atoms with Crippen LogP contribution in [0.2, 0.25) is 0 Å². The standard InChI is InChI=1S/C5H6NO2/c7-3-1-5-6-2-4-8-5/h1-2,4H2. The van der Waals surface area contributed by atoms with Crippen molar-refractivity contribution in [1.82, 2.24) is 0 Å². The number of aliphatic imine (C=N–C) groups is 1. The fourth-order valence-corrected chi connectivity index (χ4v) is 0.548. The Morgan fingerprint density at radius 2 is 2.75 bits per heavy atom. The van der Waals surface area contributed by atoms with Gasteiger partial charge in [-0.15, -0.1) is 0 Å². The van der Waals surface area contributed by atoms with Crippen LogP contribution < -0.4 is 0 Å². The Morgan fingerprint density at radius 1 is 1.88 bits per heavy atom. The maximum atomic E-state index is 9.68. The highest BCUT2D eigenvalue weighted by Crippen LogP contribution is 1.94. The second-order valence-electron chi connectivity index (χ2n) is 1.45. The Hall–Kier alpha value is -0.860. The van der Waals surface area contributed by atoms with Gasteiger partial charge in [0.2, 0.25) is 6.29 Å². The molecule has 1 aliphatic rings. The normalized spacial score (nSPS) is 17.2. The third-order valence-electron chi connectivity index (χ3n) is 0.872. The van der Waals surface area contributed by atoms with Crippen LogP contribution in [0.3, 0.4) is 0 Å². The van der Waals surface area contributed by atoms with E-state index in [9.17, 15) is 4.79 Å². The first-order valence-corrected chi connectivity index (χ1v) is 2.44. The van der Waals surface area contributed by atoms with Crippen LogP contribution in [0.15, 0.2) is 4.99 Å². The molecule has 3 nitrogen and oxygen atoms in total. The minimum atomic E-state index is 0.208. The topological polar surface area (TPSA) is 38.7 Å². The number of nitrogens with zero attached hydrogens (tertiary/aromatic N) is 1. The molecule has 0 bridgehead atoms. The highest BCUT2D eigenvalue weighted by atomic mass is 16.5. The van der Waals surface area contributed by atoms with Crippen molar-refractivity contribution in [3.8, 4) is 0 Å². The lowest BCUT2D eigenvalue weighted by atomic mass is 10.5. The summed E-state index contributed by atoms with van der Waals surface area (Å²) in [7, 11) is 0. The number of hydrogen-bond donors (Lipinski definition) is 0. The van der Waals surface area contributed by atoms with Crippen LogP contribution >= 0.6 is 0 Å².